The summed E-state index contributed by atoms with van der Waals surface area (Å²) in [6, 6.07) is 7.45. The van der Waals surface area contributed by atoms with Crippen molar-refractivity contribution in [3.05, 3.63) is 68.8 Å². The number of benzene rings is 2. The summed E-state index contributed by atoms with van der Waals surface area (Å²) in [5.41, 5.74) is 7.35. The Bertz CT molecular complexity index is 1200. The minimum absolute atomic E-state index is 0.0424. The third kappa shape index (κ3) is 4.38. The highest BCUT2D eigenvalue weighted by molar-refractivity contribution is 5.94. The van der Waals surface area contributed by atoms with Crippen molar-refractivity contribution in [2.24, 2.45) is 0 Å². The van der Waals surface area contributed by atoms with Crippen molar-refractivity contribution >= 4 is 18.0 Å². The van der Waals surface area contributed by atoms with E-state index in [4.69, 9.17) is 9.47 Å². The molecule has 5 rings (SSSR count). The average molecular weight is 479 g/mol. The van der Waals surface area contributed by atoms with Crippen molar-refractivity contribution < 1.29 is 29.0 Å². The Kier molecular flexibility index (Phi) is 6.23. The Morgan fingerprint density at radius 3 is 2.06 bits per heavy atom. The number of hydrogen-bond acceptors (Lipinski definition) is 6. The lowest BCUT2D eigenvalue weighted by atomic mass is 9.95. The highest BCUT2D eigenvalue weighted by Gasteiger charge is 2.30. The molecular formula is C27H30N2O6. The SMILES string of the molecule is Cc1c(CCN2CCC(N(Cc3ccc4c(c3C)COC4=O)C(=O)O)CC2)ccc2c1COC2=O. The second-order valence-electron chi connectivity index (χ2n) is 9.64. The van der Waals surface area contributed by atoms with Crippen molar-refractivity contribution in [1.82, 2.24) is 9.80 Å². The quantitative estimate of drug-likeness (QED) is 0.631. The number of nitrogens with zero attached hydrogens (tertiary/aromatic N) is 2. The Morgan fingerprint density at radius 2 is 1.49 bits per heavy atom. The molecule has 0 bridgehead atoms. The molecule has 8 nitrogen and oxygen atoms in total. The van der Waals surface area contributed by atoms with E-state index >= 15 is 0 Å². The van der Waals surface area contributed by atoms with E-state index in [1.807, 2.05) is 25.1 Å². The molecule has 1 fully saturated rings. The maximum Gasteiger partial charge on any atom is 0.407 e. The van der Waals surface area contributed by atoms with Crippen LogP contribution in [0.15, 0.2) is 24.3 Å². The molecule has 0 aromatic heterocycles. The first-order chi connectivity index (χ1) is 16.8. The molecule has 0 spiro atoms. The monoisotopic (exact) mass is 478 g/mol. The highest BCUT2D eigenvalue weighted by Crippen LogP contribution is 2.29. The van der Waals surface area contributed by atoms with E-state index < -0.39 is 6.09 Å². The minimum atomic E-state index is -0.916. The second-order valence-corrected chi connectivity index (χ2v) is 9.64. The van der Waals surface area contributed by atoms with Crippen LogP contribution < -0.4 is 0 Å². The molecule has 35 heavy (non-hydrogen) atoms. The summed E-state index contributed by atoms with van der Waals surface area (Å²) in [4.78, 5) is 39.7. The molecule has 1 amide bonds. The van der Waals surface area contributed by atoms with E-state index in [1.54, 1.807) is 11.0 Å². The van der Waals surface area contributed by atoms with Crippen LogP contribution >= 0.6 is 0 Å². The van der Waals surface area contributed by atoms with E-state index in [9.17, 15) is 19.5 Å². The molecule has 8 heteroatoms. The number of hydrogen-bond donors (Lipinski definition) is 1. The number of carbonyl (C=O) groups is 3. The van der Waals surface area contributed by atoms with E-state index in [2.05, 4.69) is 11.8 Å². The van der Waals surface area contributed by atoms with Gasteiger partial charge in [0, 0.05) is 43.3 Å². The lowest BCUT2D eigenvalue weighted by Crippen LogP contribution is -2.47. The summed E-state index contributed by atoms with van der Waals surface area (Å²) in [5, 5.41) is 9.96. The van der Waals surface area contributed by atoms with Crippen LogP contribution in [0.5, 0.6) is 0 Å². The van der Waals surface area contributed by atoms with Crippen molar-refractivity contribution in [1.29, 1.82) is 0 Å². The maximum atomic E-state index is 12.1. The predicted molar refractivity (Wildman–Crippen MR) is 127 cm³/mol. The number of rotatable bonds is 6. The number of carbonyl (C=O) groups excluding carboxylic acids is 2. The van der Waals surface area contributed by atoms with Gasteiger partial charge >= 0.3 is 18.0 Å². The zero-order valence-electron chi connectivity index (χ0n) is 20.1. The fourth-order valence-electron chi connectivity index (χ4n) is 5.51. The van der Waals surface area contributed by atoms with E-state index in [0.717, 1.165) is 66.7 Å². The van der Waals surface area contributed by atoms with Crippen LogP contribution in [0.4, 0.5) is 4.79 Å². The van der Waals surface area contributed by atoms with Gasteiger partial charge in [-0.1, -0.05) is 12.1 Å². The van der Waals surface area contributed by atoms with Gasteiger partial charge in [-0.25, -0.2) is 14.4 Å². The van der Waals surface area contributed by atoms with Gasteiger partial charge in [0.2, 0.25) is 0 Å². The van der Waals surface area contributed by atoms with Crippen molar-refractivity contribution in [3.8, 4) is 0 Å². The molecule has 3 heterocycles. The molecular weight excluding hydrogens is 448 g/mol. The third-order valence-electron chi connectivity index (χ3n) is 7.84. The lowest BCUT2D eigenvalue weighted by molar-refractivity contribution is 0.0526. The Balaban J connectivity index is 1.19. The van der Waals surface area contributed by atoms with Gasteiger partial charge in [0.25, 0.3) is 0 Å². The van der Waals surface area contributed by atoms with Crippen LogP contribution in [-0.2, 0) is 35.7 Å². The summed E-state index contributed by atoms with van der Waals surface area (Å²) in [6.45, 7) is 7.48. The predicted octanol–water partition coefficient (Wildman–Crippen LogP) is 3.83. The molecule has 0 atom stereocenters. The van der Waals surface area contributed by atoms with E-state index in [-0.39, 0.29) is 24.6 Å². The second kappa shape index (κ2) is 9.34. The van der Waals surface area contributed by atoms with Gasteiger partial charge in [0.1, 0.15) is 13.2 Å². The fourth-order valence-corrected chi connectivity index (χ4v) is 5.51. The Hall–Kier alpha value is -3.39. The zero-order chi connectivity index (χ0) is 24.7. The van der Waals surface area contributed by atoms with Crippen LogP contribution in [-0.4, -0.2) is 58.6 Å². The van der Waals surface area contributed by atoms with Gasteiger partial charge in [0.15, 0.2) is 0 Å². The van der Waals surface area contributed by atoms with Crippen LogP contribution in [0.1, 0.15) is 66.9 Å². The van der Waals surface area contributed by atoms with E-state index in [0.29, 0.717) is 24.3 Å². The maximum absolute atomic E-state index is 12.1. The topological polar surface area (TPSA) is 96.4 Å². The van der Waals surface area contributed by atoms with Crippen LogP contribution in [0.25, 0.3) is 0 Å². The number of ether oxygens (including phenoxy) is 2. The fraction of sp³-hybridized carbons (Fsp3) is 0.444. The Labute approximate surface area is 204 Å². The number of cyclic esters (lactones) is 2. The normalized spacial score (nSPS) is 17.7. The number of amides is 1. The van der Waals surface area contributed by atoms with Gasteiger partial charge in [0.05, 0.1) is 11.1 Å². The molecule has 0 radical (unpaired) electrons. The molecule has 0 aliphatic carbocycles. The van der Waals surface area contributed by atoms with Crippen LogP contribution in [0, 0.1) is 13.8 Å². The molecule has 1 saturated heterocycles. The summed E-state index contributed by atoms with van der Waals surface area (Å²) < 4.78 is 10.3. The zero-order valence-corrected chi connectivity index (χ0v) is 20.1. The highest BCUT2D eigenvalue weighted by atomic mass is 16.5. The molecule has 2 aromatic carbocycles. The molecule has 3 aliphatic rings. The molecule has 0 saturated carbocycles. The Morgan fingerprint density at radius 1 is 0.943 bits per heavy atom. The van der Waals surface area contributed by atoms with Gasteiger partial charge in [-0.2, -0.15) is 0 Å². The first kappa shape index (κ1) is 23.4. The van der Waals surface area contributed by atoms with Crippen LogP contribution in [0.2, 0.25) is 0 Å². The molecule has 184 valence electrons. The van der Waals surface area contributed by atoms with Gasteiger partial charge < -0.3 is 24.4 Å². The number of fused-ring (bicyclic) bond motifs is 2. The summed E-state index contributed by atoms with van der Waals surface area (Å²) >= 11 is 0. The number of piperidine rings is 1. The number of likely N-dealkylation sites (tertiary alicyclic amines) is 1. The van der Waals surface area contributed by atoms with Gasteiger partial charge in [-0.3, -0.25) is 0 Å². The van der Waals surface area contributed by atoms with Crippen LogP contribution in [0.3, 0.4) is 0 Å². The largest absolute Gasteiger partial charge is 0.465 e. The first-order valence-electron chi connectivity index (χ1n) is 12.1. The van der Waals surface area contributed by atoms with Gasteiger partial charge in [-0.05, 0) is 67.5 Å². The van der Waals surface area contributed by atoms with Gasteiger partial charge in [-0.15, -0.1) is 0 Å². The standard InChI is InChI=1S/C27H30N2O6/c1-16-18(3-5-21-23(16)14-34-25(21)30)7-10-28-11-8-20(9-12-28)29(27(32)33)13-19-4-6-22-24(17(19)2)15-35-26(22)31/h3-6,20H,7-15H2,1-2H3,(H,32,33). The van der Waals surface area contributed by atoms with Crippen molar-refractivity contribution in [3.63, 3.8) is 0 Å². The molecule has 0 unspecified atom stereocenters. The van der Waals surface area contributed by atoms with E-state index in [1.165, 1.54) is 5.56 Å². The molecule has 1 N–H and O–H groups in total. The lowest BCUT2D eigenvalue weighted by Gasteiger charge is -2.37. The average Bonchev–Trinajstić information content (AvgIpc) is 3.42. The number of esters is 2. The van der Waals surface area contributed by atoms with Crippen molar-refractivity contribution in [2.45, 2.75) is 58.9 Å². The summed E-state index contributed by atoms with van der Waals surface area (Å²) in [5.74, 6) is -0.550. The number of carboxylic acid groups (broad SMARTS) is 1. The molecule has 2 aromatic rings. The smallest absolute Gasteiger partial charge is 0.407 e. The molecule has 3 aliphatic heterocycles. The van der Waals surface area contributed by atoms with Crippen molar-refractivity contribution in [2.75, 3.05) is 19.6 Å². The third-order valence-corrected chi connectivity index (χ3v) is 7.84. The summed E-state index contributed by atoms with van der Waals surface area (Å²) in [6.07, 6.45) is 1.53. The summed E-state index contributed by atoms with van der Waals surface area (Å²) in [7, 11) is 0. The minimum Gasteiger partial charge on any atom is -0.465 e. The first-order valence-corrected chi connectivity index (χ1v) is 12.1.